The molecule has 0 unspecified atom stereocenters. The maximum absolute atomic E-state index is 2.24. The van der Waals surface area contributed by atoms with Gasteiger partial charge in [0.25, 0.3) is 0 Å². The Morgan fingerprint density at radius 1 is 1.62 bits per heavy atom. The van der Waals surface area contributed by atoms with Crippen molar-refractivity contribution < 1.29 is 0 Å². The molecular formula is C7H10S. The number of aryl methyl sites for hydroxylation is 2. The van der Waals surface area contributed by atoms with Crippen molar-refractivity contribution in [3.8, 4) is 0 Å². The summed E-state index contributed by atoms with van der Waals surface area (Å²) < 4.78 is 0. The lowest BCUT2D eigenvalue weighted by Crippen LogP contribution is -1.65. The van der Waals surface area contributed by atoms with E-state index < -0.39 is 0 Å². The van der Waals surface area contributed by atoms with E-state index in [2.05, 4.69) is 25.3 Å². The van der Waals surface area contributed by atoms with Gasteiger partial charge < -0.3 is 0 Å². The number of rotatable bonds is 1. The molecule has 0 saturated carbocycles. The lowest BCUT2D eigenvalue weighted by atomic mass is 10.3. The van der Waals surface area contributed by atoms with Crippen LogP contribution < -0.4 is 0 Å². The van der Waals surface area contributed by atoms with Gasteiger partial charge in [-0.3, -0.25) is 0 Å². The van der Waals surface area contributed by atoms with E-state index in [0.29, 0.717) is 0 Å². The van der Waals surface area contributed by atoms with Crippen LogP contribution in [-0.4, -0.2) is 0 Å². The fraction of sp³-hybridized carbons (Fsp3) is 0.429. The van der Waals surface area contributed by atoms with Crippen LogP contribution in [0.1, 0.15) is 17.4 Å². The predicted molar refractivity (Wildman–Crippen MR) is 38.4 cm³/mol. The number of thiophene rings is 1. The Labute approximate surface area is 54.2 Å². The Bertz CT molecular complexity index is 165. The first kappa shape index (κ1) is 5.83. The zero-order valence-electron chi connectivity index (χ0n) is 5.27. The molecule has 0 fully saturated rings. The van der Waals surface area contributed by atoms with E-state index in [4.69, 9.17) is 0 Å². The predicted octanol–water partition coefficient (Wildman–Crippen LogP) is 2.62. The first-order chi connectivity index (χ1) is 3.83. The highest BCUT2D eigenvalue weighted by Gasteiger charge is 1.89. The molecule has 0 aromatic carbocycles. The lowest BCUT2D eigenvalue weighted by molar-refractivity contribution is 1.18. The maximum atomic E-state index is 2.24. The van der Waals surface area contributed by atoms with Gasteiger partial charge in [0, 0.05) is 4.88 Å². The van der Waals surface area contributed by atoms with Crippen LogP contribution in [0.25, 0.3) is 0 Å². The first-order valence-electron chi connectivity index (χ1n) is 2.87. The van der Waals surface area contributed by atoms with Crippen molar-refractivity contribution in [3.05, 3.63) is 21.9 Å². The van der Waals surface area contributed by atoms with E-state index >= 15 is 0 Å². The van der Waals surface area contributed by atoms with E-state index in [-0.39, 0.29) is 0 Å². The maximum Gasteiger partial charge on any atom is 0.00452 e. The molecule has 0 aliphatic carbocycles. The second kappa shape index (κ2) is 2.31. The Kier molecular flexibility index (Phi) is 1.69. The zero-order valence-corrected chi connectivity index (χ0v) is 6.09. The molecule has 0 nitrogen and oxygen atoms in total. The summed E-state index contributed by atoms with van der Waals surface area (Å²) in [4.78, 5) is 1.49. The van der Waals surface area contributed by atoms with Crippen LogP contribution in [0.2, 0.25) is 0 Å². The van der Waals surface area contributed by atoms with Gasteiger partial charge in [0.1, 0.15) is 0 Å². The van der Waals surface area contributed by atoms with E-state index in [9.17, 15) is 0 Å². The third-order valence-corrected chi connectivity index (χ3v) is 2.33. The first-order valence-corrected chi connectivity index (χ1v) is 3.75. The molecule has 1 heteroatoms. The van der Waals surface area contributed by atoms with Crippen LogP contribution in [0.4, 0.5) is 0 Å². The molecule has 0 aliphatic heterocycles. The normalized spacial score (nSPS) is 9.75. The van der Waals surface area contributed by atoms with Gasteiger partial charge in [-0.15, -0.1) is 11.3 Å². The quantitative estimate of drug-likeness (QED) is 0.542. The van der Waals surface area contributed by atoms with Gasteiger partial charge in [0.2, 0.25) is 0 Å². The minimum absolute atomic E-state index is 1.18. The van der Waals surface area contributed by atoms with Crippen LogP contribution >= 0.6 is 11.3 Å². The van der Waals surface area contributed by atoms with Crippen LogP contribution in [0.3, 0.4) is 0 Å². The molecule has 0 amide bonds. The second-order valence-corrected chi connectivity index (χ2v) is 2.94. The van der Waals surface area contributed by atoms with E-state index in [1.165, 1.54) is 16.9 Å². The minimum atomic E-state index is 1.18. The van der Waals surface area contributed by atoms with Crippen molar-refractivity contribution in [3.63, 3.8) is 0 Å². The average Bonchev–Trinajstić information content (AvgIpc) is 2.14. The topological polar surface area (TPSA) is 0 Å². The molecule has 0 N–H and O–H groups in total. The summed E-state index contributed by atoms with van der Waals surface area (Å²) in [6.45, 7) is 4.32. The van der Waals surface area contributed by atoms with Gasteiger partial charge >= 0.3 is 0 Å². The fourth-order valence-electron chi connectivity index (χ4n) is 0.676. The molecule has 0 spiro atoms. The van der Waals surface area contributed by atoms with Crippen LogP contribution in [0.5, 0.6) is 0 Å². The van der Waals surface area contributed by atoms with Crippen molar-refractivity contribution in [2.24, 2.45) is 0 Å². The Hall–Kier alpha value is -0.300. The highest BCUT2D eigenvalue weighted by Crippen LogP contribution is 2.12. The molecule has 8 heavy (non-hydrogen) atoms. The van der Waals surface area contributed by atoms with Gasteiger partial charge in [-0.1, -0.05) is 6.92 Å². The van der Waals surface area contributed by atoms with E-state index in [0.717, 1.165) is 0 Å². The Morgan fingerprint density at radius 3 is 2.62 bits per heavy atom. The Balaban J connectivity index is 2.84. The van der Waals surface area contributed by atoms with Crippen molar-refractivity contribution in [2.45, 2.75) is 20.3 Å². The molecular weight excluding hydrogens is 116 g/mol. The van der Waals surface area contributed by atoms with Gasteiger partial charge in [-0.2, -0.15) is 0 Å². The van der Waals surface area contributed by atoms with E-state index in [1.54, 1.807) is 0 Å². The SMILES string of the molecule is CCc1cc(C)cs1. The summed E-state index contributed by atoms with van der Waals surface area (Å²) in [5.41, 5.74) is 1.40. The zero-order chi connectivity index (χ0) is 5.98. The van der Waals surface area contributed by atoms with Crippen LogP contribution in [-0.2, 0) is 6.42 Å². The molecule has 0 atom stereocenters. The highest BCUT2D eigenvalue weighted by molar-refractivity contribution is 7.10. The fourth-order valence-corrected chi connectivity index (χ4v) is 1.50. The molecule has 0 aliphatic rings. The van der Waals surface area contributed by atoms with Crippen molar-refractivity contribution in [1.29, 1.82) is 0 Å². The summed E-state index contributed by atoms with van der Waals surface area (Å²) in [5.74, 6) is 0. The van der Waals surface area contributed by atoms with Crippen LogP contribution in [0, 0.1) is 6.92 Å². The summed E-state index contributed by atoms with van der Waals surface area (Å²) in [6.07, 6.45) is 1.18. The average molecular weight is 126 g/mol. The molecule has 44 valence electrons. The standard InChI is InChI=1S/C7H10S/c1-3-7-4-6(2)5-8-7/h4-5H,3H2,1-2H3. The number of hydrogen-bond acceptors (Lipinski definition) is 1. The molecule has 0 saturated heterocycles. The van der Waals surface area contributed by atoms with Gasteiger partial charge in [0.15, 0.2) is 0 Å². The van der Waals surface area contributed by atoms with Crippen LogP contribution in [0.15, 0.2) is 11.4 Å². The van der Waals surface area contributed by atoms with Gasteiger partial charge in [0.05, 0.1) is 0 Å². The van der Waals surface area contributed by atoms with Crippen molar-refractivity contribution in [1.82, 2.24) is 0 Å². The van der Waals surface area contributed by atoms with Crippen molar-refractivity contribution >= 4 is 11.3 Å². The molecule has 1 aromatic rings. The summed E-state index contributed by atoms with van der Waals surface area (Å²) in [5, 5.41) is 2.19. The van der Waals surface area contributed by atoms with Crippen molar-refractivity contribution in [2.75, 3.05) is 0 Å². The molecule has 1 rings (SSSR count). The smallest absolute Gasteiger partial charge is 0.00452 e. The molecule has 0 radical (unpaired) electrons. The third kappa shape index (κ3) is 1.10. The lowest BCUT2D eigenvalue weighted by Gasteiger charge is -1.79. The Morgan fingerprint density at radius 2 is 2.38 bits per heavy atom. The molecule has 1 aromatic heterocycles. The minimum Gasteiger partial charge on any atom is -0.149 e. The van der Waals surface area contributed by atoms with Gasteiger partial charge in [-0.25, -0.2) is 0 Å². The molecule has 1 heterocycles. The third-order valence-electron chi connectivity index (χ3n) is 1.13. The summed E-state index contributed by atoms with van der Waals surface area (Å²) in [6, 6.07) is 2.24. The number of hydrogen-bond donors (Lipinski definition) is 0. The highest BCUT2D eigenvalue weighted by atomic mass is 32.1. The largest absolute Gasteiger partial charge is 0.149 e. The second-order valence-electron chi connectivity index (χ2n) is 1.94. The monoisotopic (exact) mass is 126 g/mol. The van der Waals surface area contributed by atoms with E-state index in [1.807, 2.05) is 11.3 Å². The van der Waals surface area contributed by atoms with Gasteiger partial charge in [-0.05, 0) is 30.4 Å². The summed E-state index contributed by atoms with van der Waals surface area (Å²) >= 11 is 1.85. The molecule has 0 bridgehead atoms. The summed E-state index contributed by atoms with van der Waals surface area (Å²) in [7, 11) is 0.